The Balaban J connectivity index is 2.90. The lowest BCUT2D eigenvalue weighted by molar-refractivity contribution is -0.148. The summed E-state index contributed by atoms with van der Waals surface area (Å²) in [6.07, 6.45) is 1.03. The summed E-state index contributed by atoms with van der Waals surface area (Å²) >= 11 is 0. The molecule has 5 heteroatoms. The molecule has 1 aromatic carbocycles. The van der Waals surface area contributed by atoms with Crippen molar-refractivity contribution >= 4 is 11.9 Å². The van der Waals surface area contributed by atoms with Gasteiger partial charge in [-0.15, -0.1) is 0 Å². The maximum Gasteiger partial charge on any atom is 0.334 e. The van der Waals surface area contributed by atoms with E-state index in [1.807, 2.05) is 13.0 Å². The molecule has 2 atom stereocenters. The van der Waals surface area contributed by atoms with Crippen LogP contribution in [0.25, 0.3) is 0 Å². The molecular formula is C16H23NO4. The van der Waals surface area contributed by atoms with Crippen LogP contribution in [0.15, 0.2) is 30.3 Å². The van der Waals surface area contributed by atoms with Crippen molar-refractivity contribution in [3.8, 4) is 0 Å². The van der Waals surface area contributed by atoms with Gasteiger partial charge in [0.15, 0.2) is 5.54 Å². The molecule has 2 N–H and O–H groups in total. The van der Waals surface area contributed by atoms with Gasteiger partial charge in [0.05, 0.1) is 6.10 Å². The van der Waals surface area contributed by atoms with Crippen LogP contribution in [0.4, 0.5) is 0 Å². The number of nitrogens with one attached hydrogen (secondary N) is 1. The zero-order valence-corrected chi connectivity index (χ0v) is 12.8. The Labute approximate surface area is 125 Å². The van der Waals surface area contributed by atoms with Crippen LogP contribution in [-0.4, -0.2) is 30.2 Å². The fourth-order valence-electron chi connectivity index (χ4n) is 2.17. The summed E-state index contributed by atoms with van der Waals surface area (Å²) in [5.74, 6) is -1.34. The molecule has 1 aromatic rings. The first kappa shape index (κ1) is 17.2. The maximum absolute atomic E-state index is 12.1. The van der Waals surface area contributed by atoms with E-state index >= 15 is 0 Å². The number of hydrogen-bond donors (Lipinski definition) is 2. The lowest BCUT2D eigenvalue weighted by atomic mass is 9.87. The van der Waals surface area contributed by atoms with E-state index in [0.717, 1.165) is 0 Å². The zero-order valence-electron chi connectivity index (χ0n) is 12.8. The highest BCUT2D eigenvalue weighted by Gasteiger charge is 2.39. The van der Waals surface area contributed by atoms with Crippen LogP contribution in [-0.2, 0) is 19.9 Å². The van der Waals surface area contributed by atoms with Gasteiger partial charge in [0.1, 0.15) is 0 Å². The Kier molecular flexibility index (Phi) is 6.37. The minimum absolute atomic E-state index is 0.0340. The summed E-state index contributed by atoms with van der Waals surface area (Å²) in [6.45, 7) is 3.62. The largest absolute Gasteiger partial charge is 0.479 e. The maximum atomic E-state index is 12.1. The molecule has 116 valence electrons. The van der Waals surface area contributed by atoms with Gasteiger partial charge < -0.3 is 15.2 Å². The third-order valence-electron chi connectivity index (χ3n) is 3.70. The SMILES string of the molecule is CCC(NC(=O)CCC(C)OC)(C(=O)O)c1ccccc1. The van der Waals surface area contributed by atoms with E-state index in [-0.39, 0.29) is 24.9 Å². The highest BCUT2D eigenvalue weighted by atomic mass is 16.5. The third-order valence-corrected chi connectivity index (χ3v) is 3.70. The number of rotatable bonds is 8. The summed E-state index contributed by atoms with van der Waals surface area (Å²) < 4.78 is 5.09. The molecule has 0 spiro atoms. The first-order chi connectivity index (χ1) is 9.96. The quantitative estimate of drug-likeness (QED) is 0.771. The first-order valence-corrected chi connectivity index (χ1v) is 7.09. The van der Waals surface area contributed by atoms with E-state index in [1.165, 1.54) is 0 Å². The van der Waals surface area contributed by atoms with Crippen molar-refractivity contribution in [3.63, 3.8) is 0 Å². The van der Waals surface area contributed by atoms with Gasteiger partial charge in [-0.2, -0.15) is 0 Å². The Morgan fingerprint density at radius 2 is 1.95 bits per heavy atom. The van der Waals surface area contributed by atoms with E-state index in [9.17, 15) is 14.7 Å². The molecule has 0 aromatic heterocycles. The number of amides is 1. The first-order valence-electron chi connectivity index (χ1n) is 7.09. The van der Waals surface area contributed by atoms with Gasteiger partial charge in [0.2, 0.25) is 5.91 Å². The topological polar surface area (TPSA) is 75.6 Å². The molecule has 0 saturated carbocycles. The standard InChI is InChI=1S/C16H23NO4/c1-4-16(15(19)20,13-8-6-5-7-9-13)17-14(18)11-10-12(2)21-3/h5-9,12H,4,10-11H2,1-3H3,(H,17,18)(H,19,20). The van der Waals surface area contributed by atoms with Crippen LogP contribution in [0.5, 0.6) is 0 Å². The zero-order chi connectivity index (χ0) is 15.9. The molecule has 1 amide bonds. The van der Waals surface area contributed by atoms with Gasteiger partial charge in [-0.1, -0.05) is 37.3 Å². The van der Waals surface area contributed by atoms with E-state index < -0.39 is 11.5 Å². The molecule has 0 heterocycles. The smallest absolute Gasteiger partial charge is 0.334 e. The molecule has 0 radical (unpaired) electrons. The highest BCUT2D eigenvalue weighted by molar-refractivity contribution is 5.88. The van der Waals surface area contributed by atoms with Crippen molar-refractivity contribution in [1.82, 2.24) is 5.32 Å². The molecular weight excluding hydrogens is 270 g/mol. The Morgan fingerprint density at radius 1 is 1.33 bits per heavy atom. The average Bonchev–Trinajstić information content (AvgIpc) is 2.50. The van der Waals surface area contributed by atoms with Crippen molar-refractivity contribution < 1.29 is 19.4 Å². The molecule has 0 fully saturated rings. The number of carboxylic acids is 1. The lowest BCUT2D eigenvalue weighted by Crippen LogP contribution is -2.51. The molecule has 0 bridgehead atoms. The number of carbonyl (C=O) groups excluding carboxylic acids is 1. The minimum Gasteiger partial charge on any atom is -0.479 e. The van der Waals surface area contributed by atoms with Gasteiger partial charge in [-0.25, -0.2) is 4.79 Å². The van der Waals surface area contributed by atoms with Crippen molar-refractivity contribution in [2.24, 2.45) is 0 Å². The molecule has 5 nitrogen and oxygen atoms in total. The van der Waals surface area contributed by atoms with Crippen LogP contribution in [0.3, 0.4) is 0 Å². The summed E-state index contributed by atoms with van der Waals surface area (Å²) in [7, 11) is 1.58. The normalized spacial score (nSPS) is 15.0. The van der Waals surface area contributed by atoms with Gasteiger partial charge in [0, 0.05) is 13.5 Å². The summed E-state index contributed by atoms with van der Waals surface area (Å²) in [5, 5.41) is 12.3. The number of methoxy groups -OCH3 is 1. The Bertz CT molecular complexity index is 474. The van der Waals surface area contributed by atoms with Crippen molar-refractivity contribution in [1.29, 1.82) is 0 Å². The molecule has 0 aliphatic rings. The van der Waals surface area contributed by atoms with Crippen molar-refractivity contribution in [3.05, 3.63) is 35.9 Å². The van der Waals surface area contributed by atoms with Crippen molar-refractivity contribution in [2.75, 3.05) is 7.11 Å². The number of aliphatic carboxylic acids is 1. The van der Waals surface area contributed by atoms with Gasteiger partial charge >= 0.3 is 5.97 Å². The molecule has 0 aliphatic heterocycles. The van der Waals surface area contributed by atoms with E-state index in [2.05, 4.69) is 5.32 Å². The molecule has 0 saturated heterocycles. The fourth-order valence-corrected chi connectivity index (χ4v) is 2.17. The fraction of sp³-hybridized carbons (Fsp3) is 0.500. The second-order valence-corrected chi connectivity index (χ2v) is 5.06. The molecule has 1 rings (SSSR count). The average molecular weight is 293 g/mol. The lowest BCUT2D eigenvalue weighted by Gasteiger charge is -2.30. The number of hydrogen-bond acceptors (Lipinski definition) is 3. The molecule has 0 aliphatic carbocycles. The van der Waals surface area contributed by atoms with Gasteiger partial charge in [-0.3, -0.25) is 4.79 Å². The van der Waals surface area contributed by atoms with E-state index in [1.54, 1.807) is 38.3 Å². The number of benzene rings is 1. The number of carbonyl (C=O) groups is 2. The van der Waals surface area contributed by atoms with Crippen molar-refractivity contribution in [2.45, 2.75) is 44.8 Å². The summed E-state index contributed by atoms with van der Waals surface area (Å²) in [5.41, 5.74) is -0.803. The Morgan fingerprint density at radius 3 is 2.43 bits per heavy atom. The van der Waals surface area contributed by atoms with Crippen LogP contribution in [0.2, 0.25) is 0 Å². The molecule has 21 heavy (non-hydrogen) atoms. The second-order valence-electron chi connectivity index (χ2n) is 5.06. The summed E-state index contributed by atoms with van der Waals surface area (Å²) in [4.78, 5) is 23.8. The van der Waals surface area contributed by atoms with E-state index in [0.29, 0.717) is 12.0 Å². The molecule has 2 unspecified atom stereocenters. The third kappa shape index (κ3) is 4.29. The minimum atomic E-state index is -1.38. The number of ether oxygens (including phenoxy) is 1. The van der Waals surface area contributed by atoms with Crippen LogP contribution < -0.4 is 5.32 Å². The summed E-state index contributed by atoms with van der Waals surface area (Å²) in [6, 6.07) is 8.78. The predicted octanol–water partition coefficient (Wildman–Crippen LogP) is 2.31. The van der Waals surface area contributed by atoms with Crippen LogP contribution in [0, 0.1) is 0 Å². The van der Waals surface area contributed by atoms with Crippen LogP contribution in [0.1, 0.15) is 38.7 Å². The van der Waals surface area contributed by atoms with Gasteiger partial charge in [-0.05, 0) is 25.3 Å². The monoisotopic (exact) mass is 293 g/mol. The van der Waals surface area contributed by atoms with Crippen LogP contribution >= 0.6 is 0 Å². The predicted molar refractivity (Wildman–Crippen MR) is 79.9 cm³/mol. The Hall–Kier alpha value is -1.88. The number of carboxylic acid groups (broad SMARTS) is 1. The second kappa shape index (κ2) is 7.78. The van der Waals surface area contributed by atoms with Gasteiger partial charge in [0.25, 0.3) is 0 Å². The van der Waals surface area contributed by atoms with E-state index in [4.69, 9.17) is 4.74 Å². The highest BCUT2D eigenvalue weighted by Crippen LogP contribution is 2.25.